The number of hydrogen-bond donors (Lipinski definition) is 0. The molecule has 0 aliphatic heterocycles. The second-order valence-corrected chi connectivity index (χ2v) is 14.9. The van der Waals surface area contributed by atoms with Gasteiger partial charge in [-0.1, -0.05) is 66.4 Å². The van der Waals surface area contributed by atoms with Crippen LogP contribution in [0.25, 0.3) is 0 Å². The molecule has 0 heterocycles. The van der Waals surface area contributed by atoms with Crippen molar-refractivity contribution in [1.82, 2.24) is 0 Å². The first-order chi connectivity index (χ1) is 15.1. The van der Waals surface area contributed by atoms with E-state index >= 15 is 0 Å². The van der Waals surface area contributed by atoms with E-state index in [2.05, 4.69) is 39.0 Å². The predicted molar refractivity (Wildman–Crippen MR) is 140 cm³/mol. The number of hydrogen-bond acceptors (Lipinski definition) is 5. The van der Waals surface area contributed by atoms with Gasteiger partial charge in [-0.15, -0.1) is 0 Å². The zero-order chi connectivity index (χ0) is 24.9. The first-order valence-corrected chi connectivity index (χ1v) is 16.8. The van der Waals surface area contributed by atoms with Crippen molar-refractivity contribution in [2.24, 2.45) is 0 Å². The Balaban J connectivity index is 0. The van der Waals surface area contributed by atoms with Crippen LogP contribution in [0.1, 0.15) is 105 Å². The average molecular weight is 495 g/mol. The molecule has 32 heavy (non-hydrogen) atoms. The maximum atomic E-state index is 10.7. The molecule has 0 atom stereocenters. The predicted octanol–water partition coefficient (Wildman–Crippen LogP) is 7.03. The first-order valence-electron chi connectivity index (χ1n) is 12.7. The van der Waals surface area contributed by atoms with Gasteiger partial charge in [-0.2, -0.15) is 0 Å². The third kappa shape index (κ3) is 21.4. The maximum absolute atomic E-state index is 10.7. The number of esters is 1. The topological polar surface area (TPSA) is 83.5 Å². The van der Waals surface area contributed by atoms with Crippen LogP contribution in [0.4, 0.5) is 0 Å². The van der Waals surface area contributed by atoms with Gasteiger partial charge in [-0.25, -0.2) is 13.2 Å². The minimum absolute atomic E-state index is 0.0187. The Bertz CT molecular complexity index is 553. The van der Waals surface area contributed by atoms with Crippen LogP contribution in [0.15, 0.2) is 12.2 Å². The van der Waals surface area contributed by atoms with Crippen LogP contribution in [0.3, 0.4) is 0 Å². The van der Waals surface area contributed by atoms with E-state index in [4.69, 9.17) is 0 Å². The third-order valence-electron chi connectivity index (χ3n) is 5.56. The van der Waals surface area contributed by atoms with Crippen molar-refractivity contribution in [1.29, 1.82) is 0 Å². The standard InChI is InChI=1S/C18H40P.C7H12O5S/c1-5-9-13-14-18-19(15-10-6-2,16-11-7-3)17-12-8-4;1-6(2)7(8)12-4-3-5-13(9,10)11/h5-18H2,1-4H3;1,3-5H2,2H3,(H,9,10,11)/q+1;/p-1. The fraction of sp³-hybridized carbons (Fsp3) is 0.880. The van der Waals surface area contributed by atoms with Crippen molar-refractivity contribution in [3.8, 4) is 0 Å². The van der Waals surface area contributed by atoms with Gasteiger partial charge >= 0.3 is 5.97 Å². The molecule has 0 rings (SSSR count). The highest BCUT2D eigenvalue weighted by Crippen LogP contribution is 2.61. The summed E-state index contributed by atoms with van der Waals surface area (Å²) in [6.07, 6.45) is 21.0. The lowest BCUT2D eigenvalue weighted by atomic mass is 10.2. The molecular formula is C25H51O5PS. The Labute approximate surface area is 200 Å². The van der Waals surface area contributed by atoms with Crippen LogP contribution in [0.5, 0.6) is 0 Å². The van der Waals surface area contributed by atoms with Gasteiger partial charge in [0, 0.05) is 18.6 Å². The van der Waals surface area contributed by atoms with Crippen molar-refractivity contribution < 1.29 is 22.5 Å². The summed E-state index contributed by atoms with van der Waals surface area (Å²) >= 11 is 0. The molecule has 0 aromatic carbocycles. The Kier molecular flexibility index (Phi) is 22.2. The van der Waals surface area contributed by atoms with E-state index in [-0.39, 0.29) is 18.6 Å². The molecule has 0 saturated heterocycles. The minimum atomic E-state index is -4.21. The molecule has 0 aromatic heterocycles. The summed E-state index contributed by atoms with van der Waals surface area (Å²) in [5.41, 5.74) is 0.241. The van der Waals surface area contributed by atoms with Gasteiger partial charge in [0.15, 0.2) is 0 Å². The zero-order valence-corrected chi connectivity index (χ0v) is 23.3. The average Bonchev–Trinajstić information content (AvgIpc) is 2.74. The van der Waals surface area contributed by atoms with E-state index in [0.29, 0.717) is 0 Å². The summed E-state index contributed by atoms with van der Waals surface area (Å²) in [7, 11) is -4.79. The van der Waals surface area contributed by atoms with Crippen molar-refractivity contribution in [3.05, 3.63) is 12.2 Å². The molecular weight excluding hydrogens is 443 g/mol. The Hall–Kier alpha value is -0.450. The number of rotatable bonds is 19. The summed E-state index contributed by atoms with van der Waals surface area (Å²) in [4.78, 5) is 10.7. The van der Waals surface area contributed by atoms with Crippen molar-refractivity contribution in [2.75, 3.05) is 37.0 Å². The van der Waals surface area contributed by atoms with Crippen LogP contribution >= 0.6 is 7.26 Å². The molecule has 0 fully saturated rings. The molecule has 0 N–H and O–H groups in total. The molecule has 0 amide bonds. The summed E-state index contributed by atoms with van der Waals surface area (Å²) in [6, 6.07) is 0. The minimum Gasteiger partial charge on any atom is -0.748 e. The van der Waals surface area contributed by atoms with Gasteiger partial charge in [0.2, 0.25) is 0 Å². The highest BCUT2D eigenvalue weighted by molar-refractivity contribution is 7.85. The maximum Gasteiger partial charge on any atom is 0.333 e. The summed E-state index contributed by atoms with van der Waals surface area (Å²) < 4.78 is 34.8. The number of carbonyl (C=O) groups is 1. The second kappa shape index (κ2) is 21.1. The van der Waals surface area contributed by atoms with E-state index in [9.17, 15) is 17.8 Å². The largest absolute Gasteiger partial charge is 0.748 e. The molecule has 0 bridgehead atoms. The van der Waals surface area contributed by atoms with Crippen molar-refractivity contribution in [3.63, 3.8) is 0 Å². The van der Waals surface area contributed by atoms with Gasteiger partial charge in [-0.3, -0.25) is 0 Å². The molecule has 0 aliphatic rings. The molecule has 0 spiro atoms. The normalized spacial score (nSPS) is 11.6. The fourth-order valence-corrected chi connectivity index (χ4v) is 9.22. The summed E-state index contributed by atoms with van der Waals surface area (Å²) in [6.45, 7) is 14.2. The number of ether oxygens (including phenoxy) is 1. The Morgan fingerprint density at radius 2 is 1.22 bits per heavy atom. The van der Waals surface area contributed by atoms with E-state index in [1.807, 2.05) is 0 Å². The molecule has 0 aliphatic carbocycles. The van der Waals surface area contributed by atoms with Gasteiger partial charge in [0.05, 0.1) is 41.4 Å². The van der Waals surface area contributed by atoms with E-state index in [0.717, 1.165) is 0 Å². The summed E-state index contributed by atoms with van der Waals surface area (Å²) in [5.74, 6) is -1.10. The quantitative estimate of drug-likeness (QED) is 0.0633. The van der Waals surface area contributed by atoms with E-state index < -0.39 is 29.1 Å². The zero-order valence-electron chi connectivity index (χ0n) is 21.6. The Morgan fingerprint density at radius 1 is 0.781 bits per heavy atom. The van der Waals surface area contributed by atoms with Gasteiger partial charge in [0.1, 0.15) is 0 Å². The van der Waals surface area contributed by atoms with Crippen molar-refractivity contribution >= 4 is 23.3 Å². The van der Waals surface area contributed by atoms with E-state index in [1.54, 1.807) is 24.6 Å². The lowest BCUT2D eigenvalue weighted by Gasteiger charge is -2.28. The fourth-order valence-electron chi connectivity index (χ4n) is 3.55. The van der Waals surface area contributed by atoms with Crippen molar-refractivity contribution in [2.45, 2.75) is 105 Å². The van der Waals surface area contributed by atoms with Crippen LogP contribution in [0, 0.1) is 0 Å². The molecule has 0 unspecified atom stereocenters. The van der Waals surface area contributed by atoms with Gasteiger partial charge < -0.3 is 9.29 Å². The van der Waals surface area contributed by atoms with Gasteiger partial charge in [0.25, 0.3) is 0 Å². The van der Waals surface area contributed by atoms with Crippen LogP contribution in [-0.4, -0.2) is 55.9 Å². The Morgan fingerprint density at radius 3 is 1.59 bits per heavy atom. The highest BCUT2D eigenvalue weighted by Gasteiger charge is 2.34. The monoisotopic (exact) mass is 494 g/mol. The lowest BCUT2D eigenvalue weighted by molar-refractivity contribution is -0.138. The second-order valence-electron chi connectivity index (χ2n) is 8.89. The van der Waals surface area contributed by atoms with Crippen LogP contribution in [-0.2, 0) is 19.6 Å². The van der Waals surface area contributed by atoms with Crippen LogP contribution in [0.2, 0.25) is 0 Å². The molecule has 5 nitrogen and oxygen atoms in total. The molecule has 0 saturated carbocycles. The summed E-state index contributed by atoms with van der Waals surface area (Å²) in [5, 5.41) is 0. The highest BCUT2D eigenvalue weighted by atomic mass is 32.2. The molecule has 192 valence electrons. The van der Waals surface area contributed by atoms with E-state index in [1.165, 1.54) is 71.1 Å². The van der Waals surface area contributed by atoms with Crippen LogP contribution < -0.4 is 0 Å². The van der Waals surface area contributed by atoms with Gasteiger partial charge in [-0.05, 0) is 45.4 Å². The number of unbranched alkanes of at least 4 members (excludes halogenated alkanes) is 6. The molecule has 0 radical (unpaired) electrons. The first kappa shape index (κ1) is 33.7. The smallest absolute Gasteiger partial charge is 0.333 e. The molecule has 7 heteroatoms. The number of carbonyl (C=O) groups excluding carboxylic acids is 1. The third-order valence-corrected chi connectivity index (χ3v) is 11.4. The lowest BCUT2D eigenvalue weighted by Crippen LogP contribution is -2.12. The SMILES string of the molecule is C=C(C)C(=O)OCCCS(=O)(=O)[O-].CCCCCC[P+](CCCC)(CCCC)CCCC. The molecule has 0 aromatic rings.